The predicted octanol–water partition coefficient (Wildman–Crippen LogP) is 4.20. The summed E-state index contributed by atoms with van der Waals surface area (Å²) in [5.74, 6) is 0. The molecule has 0 spiro atoms. The van der Waals surface area contributed by atoms with Crippen LogP contribution in [0.2, 0.25) is 5.02 Å². The van der Waals surface area contributed by atoms with Crippen LogP contribution in [0.25, 0.3) is 10.9 Å². The van der Waals surface area contributed by atoms with Crippen LogP contribution in [0.3, 0.4) is 0 Å². The van der Waals surface area contributed by atoms with E-state index < -0.39 is 0 Å². The second-order valence-electron chi connectivity index (χ2n) is 5.13. The molecule has 106 valence electrons. The minimum Gasteiger partial charge on any atom is -0.316 e. The highest BCUT2D eigenvalue weighted by atomic mass is 35.5. The molecule has 0 saturated heterocycles. The molecule has 0 aliphatic carbocycles. The van der Waals surface area contributed by atoms with Crippen molar-refractivity contribution in [2.45, 2.75) is 13.0 Å². The number of pyridine rings is 1. The molecular formula is C18H17ClN2. The van der Waals surface area contributed by atoms with E-state index >= 15 is 0 Å². The highest BCUT2D eigenvalue weighted by Crippen LogP contribution is 2.21. The second-order valence-corrected chi connectivity index (χ2v) is 5.54. The third kappa shape index (κ3) is 3.23. The fourth-order valence-electron chi connectivity index (χ4n) is 2.45. The molecule has 0 fully saturated rings. The molecular weight excluding hydrogens is 280 g/mol. The van der Waals surface area contributed by atoms with Gasteiger partial charge in [0.25, 0.3) is 0 Å². The lowest BCUT2D eigenvalue weighted by Gasteiger charge is -2.08. The van der Waals surface area contributed by atoms with Crippen molar-refractivity contribution in [3.63, 3.8) is 0 Å². The fourth-order valence-corrected chi connectivity index (χ4v) is 2.72. The van der Waals surface area contributed by atoms with Crippen molar-refractivity contribution < 1.29 is 0 Å². The molecule has 0 unspecified atom stereocenters. The number of halogens is 1. The molecule has 21 heavy (non-hydrogen) atoms. The van der Waals surface area contributed by atoms with Gasteiger partial charge in [0.2, 0.25) is 0 Å². The molecule has 2 nitrogen and oxygen atoms in total. The zero-order valence-corrected chi connectivity index (χ0v) is 12.7. The van der Waals surface area contributed by atoms with Gasteiger partial charge < -0.3 is 5.32 Å². The van der Waals surface area contributed by atoms with Crippen LogP contribution in [0.4, 0.5) is 0 Å². The largest absolute Gasteiger partial charge is 0.316 e. The van der Waals surface area contributed by atoms with Crippen molar-refractivity contribution in [3.05, 3.63) is 76.4 Å². The van der Waals surface area contributed by atoms with E-state index in [4.69, 9.17) is 16.6 Å². The average Bonchev–Trinajstić information content (AvgIpc) is 2.50. The van der Waals surface area contributed by atoms with Crippen molar-refractivity contribution in [1.82, 2.24) is 10.3 Å². The number of fused-ring (bicyclic) bond motifs is 1. The van der Waals surface area contributed by atoms with Crippen molar-refractivity contribution in [2.75, 3.05) is 7.05 Å². The van der Waals surface area contributed by atoms with Gasteiger partial charge in [-0.25, -0.2) is 0 Å². The topological polar surface area (TPSA) is 24.9 Å². The summed E-state index contributed by atoms with van der Waals surface area (Å²) < 4.78 is 0. The van der Waals surface area contributed by atoms with Crippen molar-refractivity contribution in [2.24, 2.45) is 0 Å². The SMILES string of the molecule is CNCc1ccc(Cc2ccc3ccccc3n2)c(Cl)c1. The van der Waals surface area contributed by atoms with Crippen molar-refractivity contribution >= 4 is 22.5 Å². The Hall–Kier alpha value is -1.90. The number of hydrogen-bond acceptors (Lipinski definition) is 2. The first-order valence-electron chi connectivity index (χ1n) is 7.03. The zero-order chi connectivity index (χ0) is 14.7. The third-order valence-corrected chi connectivity index (χ3v) is 3.88. The van der Waals surface area contributed by atoms with Crippen LogP contribution in [-0.4, -0.2) is 12.0 Å². The molecule has 1 aromatic heterocycles. The molecule has 0 aliphatic rings. The van der Waals surface area contributed by atoms with Gasteiger partial charge in [0.1, 0.15) is 0 Å². The van der Waals surface area contributed by atoms with E-state index in [1.807, 2.05) is 31.3 Å². The normalized spacial score (nSPS) is 11.0. The summed E-state index contributed by atoms with van der Waals surface area (Å²) in [7, 11) is 1.93. The first-order chi connectivity index (χ1) is 10.3. The number of para-hydroxylation sites is 1. The highest BCUT2D eigenvalue weighted by Gasteiger charge is 2.05. The molecule has 0 radical (unpaired) electrons. The smallest absolute Gasteiger partial charge is 0.0705 e. The Morgan fingerprint density at radius 1 is 1.05 bits per heavy atom. The Morgan fingerprint density at radius 2 is 1.90 bits per heavy atom. The van der Waals surface area contributed by atoms with Crippen molar-refractivity contribution in [3.8, 4) is 0 Å². The van der Waals surface area contributed by atoms with Crippen molar-refractivity contribution in [1.29, 1.82) is 0 Å². The van der Waals surface area contributed by atoms with Gasteiger partial charge in [0.05, 0.1) is 5.52 Å². The van der Waals surface area contributed by atoms with Crippen LogP contribution in [0.5, 0.6) is 0 Å². The Balaban J connectivity index is 1.87. The first-order valence-corrected chi connectivity index (χ1v) is 7.40. The van der Waals surface area contributed by atoms with Crippen LogP contribution < -0.4 is 5.32 Å². The van der Waals surface area contributed by atoms with Gasteiger partial charge in [-0.1, -0.05) is 48.0 Å². The Bertz CT molecular complexity index is 768. The quantitative estimate of drug-likeness (QED) is 0.780. The molecule has 0 atom stereocenters. The molecule has 3 aromatic rings. The van der Waals surface area contributed by atoms with Gasteiger partial charge in [0.15, 0.2) is 0 Å². The number of nitrogens with one attached hydrogen (secondary N) is 1. The van der Waals surface area contributed by atoms with Gasteiger partial charge in [-0.05, 0) is 36.4 Å². The van der Waals surface area contributed by atoms with Crippen LogP contribution in [-0.2, 0) is 13.0 Å². The number of rotatable bonds is 4. The van der Waals surface area contributed by atoms with E-state index in [-0.39, 0.29) is 0 Å². The summed E-state index contributed by atoms with van der Waals surface area (Å²) in [6.07, 6.45) is 0.753. The number of aromatic nitrogens is 1. The molecule has 0 aliphatic heterocycles. The van der Waals surface area contributed by atoms with Gasteiger partial charge >= 0.3 is 0 Å². The summed E-state index contributed by atoms with van der Waals surface area (Å²) in [5, 5.41) is 5.10. The predicted molar refractivity (Wildman–Crippen MR) is 88.8 cm³/mol. The Labute approximate surface area is 129 Å². The van der Waals surface area contributed by atoms with Crippen LogP contribution >= 0.6 is 11.6 Å². The van der Waals surface area contributed by atoms with E-state index in [1.165, 1.54) is 5.56 Å². The van der Waals surface area contributed by atoms with E-state index in [0.717, 1.165) is 40.1 Å². The van der Waals surface area contributed by atoms with E-state index in [0.29, 0.717) is 0 Å². The minimum atomic E-state index is 0.753. The molecule has 3 heteroatoms. The molecule has 2 aromatic carbocycles. The molecule has 3 rings (SSSR count). The standard InChI is InChI=1S/C18H17ClN2/c1-20-12-13-6-7-15(17(19)10-13)11-16-9-8-14-4-2-3-5-18(14)21-16/h2-10,20H,11-12H2,1H3. The Morgan fingerprint density at radius 3 is 2.71 bits per heavy atom. The summed E-state index contributed by atoms with van der Waals surface area (Å²) in [5.41, 5.74) is 4.37. The van der Waals surface area contributed by atoms with Crippen LogP contribution in [0.15, 0.2) is 54.6 Å². The summed E-state index contributed by atoms with van der Waals surface area (Å²) in [6.45, 7) is 0.828. The maximum absolute atomic E-state index is 6.38. The van der Waals surface area contributed by atoms with E-state index in [1.54, 1.807) is 0 Å². The van der Waals surface area contributed by atoms with E-state index in [9.17, 15) is 0 Å². The van der Waals surface area contributed by atoms with Crippen LogP contribution in [0, 0.1) is 0 Å². The molecule has 1 heterocycles. The maximum Gasteiger partial charge on any atom is 0.0705 e. The number of nitrogens with zero attached hydrogens (tertiary/aromatic N) is 1. The highest BCUT2D eigenvalue weighted by molar-refractivity contribution is 6.31. The van der Waals surface area contributed by atoms with E-state index in [2.05, 4.69) is 35.6 Å². The summed E-state index contributed by atoms with van der Waals surface area (Å²) in [4.78, 5) is 4.70. The lowest BCUT2D eigenvalue weighted by Crippen LogP contribution is -2.05. The maximum atomic E-state index is 6.38. The van der Waals surface area contributed by atoms with Gasteiger partial charge in [0, 0.05) is 29.1 Å². The lowest BCUT2D eigenvalue weighted by atomic mass is 10.1. The minimum absolute atomic E-state index is 0.753. The fraction of sp³-hybridized carbons (Fsp3) is 0.167. The van der Waals surface area contributed by atoms with Gasteiger partial charge in [-0.3, -0.25) is 4.98 Å². The van der Waals surface area contributed by atoms with Gasteiger partial charge in [-0.15, -0.1) is 0 Å². The first kappa shape index (κ1) is 14.1. The monoisotopic (exact) mass is 296 g/mol. The molecule has 0 bridgehead atoms. The second kappa shape index (κ2) is 6.25. The molecule has 1 N–H and O–H groups in total. The lowest BCUT2D eigenvalue weighted by molar-refractivity contribution is 0.817. The third-order valence-electron chi connectivity index (χ3n) is 3.53. The number of benzene rings is 2. The van der Waals surface area contributed by atoms with Gasteiger partial charge in [-0.2, -0.15) is 0 Å². The summed E-state index contributed by atoms with van der Waals surface area (Å²) >= 11 is 6.38. The van der Waals surface area contributed by atoms with Crippen LogP contribution in [0.1, 0.15) is 16.8 Å². The average molecular weight is 297 g/mol. The number of hydrogen-bond donors (Lipinski definition) is 1. The summed E-state index contributed by atoms with van der Waals surface area (Å²) in [6, 6.07) is 18.6. The molecule has 0 amide bonds. The molecule has 0 saturated carbocycles. The zero-order valence-electron chi connectivity index (χ0n) is 11.9. The Kier molecular flexibility index (Phi) is 4.18.